The third-order valence-electron chi connectivity index (χ3n) is 4.44. The summed E-state index contributed by atoms with van der Waals surface area (Å²) in [6.07, 6.45) is 10.9. The highest BCUT2D eigenvalue weighted by Gasteiger charge is 2.08. The molecule has 7 nitrogen and oxygen atoms in total. The molecule has 0 amide bonds. The number of anilines is 2. The van der Waals surface area contributed by atoms with Crippen LogP contribution in [0.2, 0.25) is 0 Å². The zero-order valence-electron chi connectivity index (χ0n) is 24.3. The molecule has 0 saturated heterocycles. The number of nitrogens with one attached hydrogen (secondary N) is 1. The molecule has 0 fully saturated rings. The lowest BCUT2D eigenvalue weighted by molar-refractivity contribution is -0.274. The number of hydrogen-bond donors (Lipinski definition) is 3. The topological polar surface area (TPSA) is 112 Å². The second-order valence-corrected chi connectivity index (χ2v) is 7.41. The zero-order chi connectivity index (χ0) is 28.3. The van der Waals surface area contributed by atoms with Gasteiger partial charge in [-0.25, -0.2) is 0 Å². The van der Waals surface area contributed by atoms with E-state index in [1.54, 1.807) is 6.20 Å². The Bertz CT molecular complexity index is 863. The summed E-state index contributed by atoms with van der Waals surface area (Å²) in [4.78, 5) is 6.55. The van der Waals surface area contributed by atoms with Crippen LogP contribution in [0.25, 0.3) is 0 Å². The Hall–Kier alpha value is -3.16. The second kappa shape index (κ2) is 25.9. The summed E-state index contributed by atoms with van der Waals surface area (Å²) in [7, 11) is 0. The van der Waals surface area contributed by atoms with Crippen molar-refractivity contribution in [3.8, 4) is 5.88 Å². The predicted molar refractivity (Wildman–Crippen MR) is 161 cm³/mol. The van der Waals surface area contributed by atoms with Crippen molar-refractivity contribution < 1.29 is 15.2 Å². The predicted octanol–water partition coefficient (Wildman–Crippen LogP) is 6.04. The maximum absolute atomic E-state index is 6.92. The summed E-state index contributed by atoms with van der Waals surface area (Å²) in [6, 6.07) is 11.7. The highest BCUT2D eigenvalue weighted by molar-refractivity contribution is 5.76. The normalized spacial score (nSPS) is 9.95. The number of ether oxygens (including phenoxy) is 2. The molecule has 0 spiro atoms. The van der Waals surface area contributed by atoms with Crippen molar-refractivity contribution in [3.63, 3.8) is 0 Å². The molecule has 0 aliphatic rings. The van der Waals surface area contributed by atoms with Crippen LogP contribution in [0.1, 0.15) is 65.5 Å². The van der Waals surface area contributed by atoms with Crippen LogP contribution in [0.5, 0.6) is 5.88 Å². The van der Waals surface area contributed by atoms with Gasteiger partial charge in [0.25, 0.3) is 0 Å². The molecule has 2 rings (SSSR count). The van der Waals surface area contributed by atoms with Crippen LogP contribution in [0.15, 0.2) is 60.8 Å². The molecule has 0 aliphatic carbocycles. The van der Waals surface area contributed by atoms with Gasteiger partial charge in [0.15, 0.2) is 0 Å². The van der Waals surface area contributed by atoms with Gasteiger partial charge in [-0.3, -0.25) is 0 Å². The maximum atomic E-state index is 6.92. The van der Waals surface area contributed by atoms with Gasteiger partial charge in [0.2, 0.25) is 5.88 Å². The Morgan fingerprint density at radius 2 is 1.68 bits per heavy atom. The van der Waals surface area contributed by atoms with Crippen molar-refractivity contribution in [1.82, 2.24) is 4.98 Å². The van der Waals surface area contributed by atoms with Crippen molar-refractivity contribution in [2.75, 3.05) is 43.5 Å². The Morgan fingerprint density at radius 3 is 2.22 bits per heavy atom. The van der Waals surface area contributed by atoms with E-state index in [1.807, 2.05) is 89.2 Å². The molecule has 7 heteroatoms. The van der Waals surface area contributed by atoms with Gasteiger partial charge < -0.3 is 31.3 Å². The van der Waals surface area contributed by atoms with Crippen LogP contribution in [0.4, 0.5) is 11.5 Å². The van der Waals surface area contributed by atoms with E-state index in [0.29, 0.717) is 31.5 Å². The van der Waals surface area contributed by atoms with E-state index in [9.17, 15) is 0 Å². The van der Waals surface area contributed by atoms with E-state index < -0.39 is 0 Å². The molecule has 37 heavy (non-hydrogen) atoms. The fourth-order valence-corrected chi connectivity index (χ4v) is 3.01. The molecule has 0 unspecified atom stereocenters. The summed E-state index contributed by atoms with van der Waals surface area (Å²) >= 11 is 0. The number of rotatable bonds is 13. The molecule has 2 aromatic rings. The molecule has 0 saturated carbocycles. The Labute approximate surface area is 226 Å². The summed E-state index contributed by atoms with van der Waals surface area (Å²) in [5, 5.41) is 6.92. The van der Waals surface area contributed by atoms with E-state index in [1.165, 1.54) is 11.8 Å². The average Bonchev–Trinajstić information content (AvgIpc) is 2.92. The first-order valence-electron chi connectivity index (χ1n) is 13.4. The van der Waals surface area contributed by atoms with E-state index in [-0.39, 0.29) is 0 Å². The number of aromatic nitrogens is 1. The Kier molecular flexibility index (Phi) is 25.2. The minimum atomic E-state index is 0.441. The molecule has 208 valence electrons. The standard InChI is InChI=1S/C18H30N4O2.C8H9N.2C2H6/c1-3-9-22(10-4-2)16-14-17(20)21-18(15-16)24-13-12-23-11-7-5-6-8-19;1-7-3-2-4-8(5-7)6-9;2*1-2/h5-8,14-15H,3-4,9-13,19H2,1-2H3,(H2,20,21);2-6,9H,1H3;2*1-2H3/p+1/b7-5-,8-6-;;;. The first-order valence-corrected chi connectivity index (χ1v) is 13.4. The van der Waals surface area contributed by atoms with Gasteiger partial charge in [-0.15, -0.1) is 0 Å². The van der Waals surface area contributed by atoms with E-state index >= 15 is 0 Å². The number of aryl methyl sites for hydroxylation is 1. The minimum absolute atomic E-state index is 0.441. The molecule has 1 aromatic carbocycles. The first kappa shape index (κ1) is 36.0. The number of hydrogen-bond acceptors (Lipinski definition) is 6. The van der Waals surface area contributed by atoms with Crippen LogP contribution >= 0.6 is 0 Å². The first-order chi connectivity index (χ1) is 18.0. The lowest BCUT2D eigenvalue weighted by Gasteiger charge is -2.24. The maximum Gasteiger partial charge on any atom is 0.217 e. The fourth-order valence-electron chi connectivity index (χ4n) is 3.01. The quantitative estimate of drug-likeness (QED) is 0.171. The highest BCUT2D eigenvalue weighted by Crippen LogP contribution is 2.23. The van der Waals surface area contributed by atoms with Crippen molar-refractivity contribution >= 4 is 17.7 Å². The van der Waals surface area contributed by atoms with Gasteiger partial charge in [-0.1, -0.05) is 83.5 Å². The van der Waals surface area contributed by atoms with Crippen molar-refractivity contribution in [2.45, 2.75) is 61.3 Å². The third kappa shape index (κ3) is 18.7. The van der Waals surface area contributed by atoms with Crippen molar-refractivity contribution in [2.24, 2.45) is 0 Å². The molecule has 0 aliphatic heterocycles. The van der Waals surface area contributed by atoms with E-state index in [4.69, 9.17) is 20.6 Å². The fraction of sp³-hybridized carbons (Fsp3) is 0.467. The molecular weight excluding hydrogens is 462 g/mol. The van der Waals surface area contributed by atoms with Crippen LogP contribution in [-0.2, 0) is 4.74 Å². The van der Waals surface area contributed by atoms with Crippen LogP contribution in [0.3, 0.4) is 0 Å². The lowest BCUT2D eigenvalue weighted by Crippen LogP contribution is -2.38. The van der Waals surface area contributed by atoms with Gasteiger partial charge in [0.1, 0.15) is 12.4 Å². The van der Waals surface area contributed by atoms with Gasteiger partial charge in [0, 0.05) is 37.1 Å². The highest BCUT2D eigenvalue weighted by atomic mass is 16.5. The van der Waals surface area contributed by atoms with Gasteiger partial charge >= 0.3 is 0 Å². The van der Waals surface area contributed by atoms with Crippen LogP contribution in [0, 0.1) is 12.3 Å². The largest absolute Gasteiger partial charge is 0.475 e. The summed E-state index contributed by atoms with van der Waals surface area (Å²) in [5.41, 5.74) is 12.8. The molecule has 0 bridgehead atoms. The summed E-state index contributed by atoms with van der Waals surface area (Å²) < 4.78 is 11.1. The second-order valence-electron chi connectivity index (χ2n) is 7.41. The molecule has 1 heterocycles. The Balaban J connectivity index is 0. The van der Waals surface area contributed by atoms with Crippen molar-refractivity contribution in [3.05, 3.63) is 72.0 Å². The number of benzene rings is 1. The van der Waals surface area contributed by atoms with Crippen molar-refractivity contribution in [1.29, 1.82) is 5.41 Å². The van der Waals surface area contributed by atoms with Crippen LogP contribution < -0.4 is 21.1 Å². The summed E-state index contributed by atoms with van der Waals surface area (Å²) in [6.45, 7) is 17.8. The average molecular weight is 515 g/mol. The minimum Gasteiger partial charge on any atom is -0.475 e. The zero-order valence-corrected chi connectivity index (χ0v) is 24.3. The van der Waals surface area contributed by atoms with E-state index in [2.05, 4.69) is 29.5 Å². The van der Waals surface area contributed by atoms with Crippen LogP contribution in [-0.4, -0.2) is 44.1 Å². The molecule has 6 N–H and O–H groups in total. The molecule has 0 radical (unpaired) electrons. The smallest absolute Gasteiger partial charge is 0.217 e. The number of quaternary nitrogens is 1. The SMILES string of the molecule is CC.CC.CCCN(CCC)c1cc(N)nc(OCCOC/C=C\C=C/[NH3+])c1.Cc1cccc(C=N)c1. The number of nitrogen functional groups attached to an aromatic ring is 1. The molecule has 1 aromatic heterocycles. The van der Waals surface area contributed by atoms with Gasteiger partial charge in [-0.05, 0) is 31.4 Å². The molecule has 0 atom stereocenters. The Morgan fingerprint density at radius 1 is 1.00 bits per heavy atom. The van der Waals surface area contributed by atoms with Gasteiger partial charge in [-0.2, -0.15) is 4.98 Å². The lowest BCUT2D eigenvalue weighted by atomic mass is 10.2. The number of pyridine rings is 1. The number of nitrogens with two attached hydrogens (primary N) is 1. The monoisotopic (exact) mass is 514 g/mol. The van der Waals surface area contributed by atoms with Gasteiger partial charge in [0.05, 0.1) is 19.4 Å². The molecular formula is C30H52N5O2+. The summed E-state index contributed by atoms with van der Waals surface area (Å²) in [5.74, 6) is 1.02. The number of nitrogens with zero attached hydrogens (tertiary/aromatic N) is 2. The third-order valence-corrected chi connectivity index (χ3v) is 4.44. The van der Waals surface area contributed by atoms with E-state index in [0.717, 1.165) is 37.2 Å². The number of allylic oxidation sites excluding steroid dienone is 2.